The van der Waals surface area contributed by atoms with Crippen molar-refractivity contribution in [3.8, 4) is 0 Å². The minimum Gasteiger partial charge on any atom is -0.385 e. The maximum atomic E-state index is 10.2. The van der Waals surface area contributed by atoms with Crippen LogP contribution in [0.2, 0.25) is 0 Å². The van der Waals surface area contributed by atoms with Gasteiger partial charge < -0.3 is 9.90 Å². The predicted molar refractivity (Wildman–Crippen MR) is 59.1 cm³/mol. The summed E-state index contributed by atoms with van der Waals surface area (Å²) in [4.78, 5) is 10.2. The van der Waals surface area contributed by atoms with E-state index in [0.717, 1.165) is 17.9 Å². The van der Waals surface area contributed by atoms with Gasteiger partial charge in [0.05, 0.1) is 0 Å². The molecule has 2 unspecified atom stereocenters. The van der Waals surface area contributed by atoms with Crippen LogP contribution in [0.1, 0.15) is 46.5 Å². The molecule has 0 aliphatic rings. The highest BCUT2D eigenvalue weighted by atomic mass is 16.3. The lowest BCUT2D eigenvalue weighted by atomic mass is 10.0. The van der Waals surface area contributed by atoms with Crippen LogP contribution in [0.3, 0.4) is 0 Å². The molecular formula is C12H22O2. The zero-order valence-corrected chi connectivity index (χ0v) is 9.49. The van der Waals surface area contributed by atoms with Crippen molar-refractivity contribution < 1.29 is 9.90 Å². The number of carbonyl (C=O) groups excluding carboxylic acids is 1. The third kappa shape index (κ3) is 6.84. The first-order valence-electron chi connectivity index (χ1n) is 5.39. The predicted octanol–water partition coefficient (Wildman–Crippen LogP) is 2.71. The molecule has 2 nitrogen and oxygen atoms in total. The van der Waals surface area contributed by atoms with Crippen LogP contribution >= 0.6 is 0 Å². The normalized spacial score (nSPS) is 16.4. The molecule has 0 aliphatic carbocycles. The smallest absolute Gasteiger partial charge is 0.148 e. The van der Waals surface area contributed by atoms with Crippen molar-refractivity contribution in [3.05, 3.63) is 11.6 Å². The van der Waals surface area contributed by atoms with E-state index in [1.54, 1.807) is 0 Å². The lowest BCUT2D eigenvalue weighted by Gasteiger charge is -2.06. The van der Waals surface area contributed by atoms with Crippen molar-refractivity contribution in [3.63, 3.8) is 0 Å². The van der Waals surface area contributed by atoms with Crippen molar-refractivity contribution in [1.29, 1.82) is 0 Å². The number of aldehydes is 1. The van der Waals surface area contributed by atoms with Crippen molar-refractivity contribution in [2.24, 2.45) is 5.92 Å². The van der Waals surface area contributed by atoms with Gasteiger partial charge in [0.25, 0.3) is 0 Å². The summed E-state index contributed by atoms with van der Waals surface area (Å²) in [5, 5.41) is 9.07. The number of hydrogen-bond donors (Lipinski definition) is 1. The number of rotatable bonds is 7. The minimum atomic E-state index is -0.824. The Balaban J connectivity index is 3.71. The van der Waals surface area contributed by atoms with Crippen LogP contribution in [-0.2, 0) is 4.79 Å². The van der Waals surface area contributed by atoms with Gasteiger partial charge in [-0.25, -0.2) is 0 Å². The molecule has 82 valence electrons. The second kappa shape index (κ2) is 7.74. The van der Waals surface area contributed by atoms with Crippen molar-refractivity contribution in [1.82, 2.24) is 0 Å². The first-order valence-corrected chi connectivity index (χ1v) is 5.39. The van der Waals surface area contributed by atoms with Gasteiger partial charge in [-0.2, -0.15) is 0 Å². The van der Waals surface area contributed by atoms with Gasteiger partial charge in [-0.3, -0.25) is 0 Å². The Hall–Kier alpha value is -0.630. The molecular weight excluding hydrogens is 176 g/mol. The largest absolute Gasteiger partial charge is 0.385 e. The van der Waals surface area contributed by atoms with Gasteiger partial charge in [0.1, 0.15) is 12.4 Å². The molecule has 2 atom stereocenters. The van der Waals surface area contributed by atoms with Crippen LogP contribution < -0.4 is 0 Å². The molecule has 0 spiro atoms. The minimum absolute atomic E-state index is 0.476. The summed E-state index contributed by atoms with van der Waals surface area (Å²) in [5.41, 5.74) is 1.10. The Kier molecular flexibility index (Phi) is 7.40. The molecule has 14 heavy (non-hydrogen) atoms. The third-order valence-electron chi connectivity index (χ3n) is 2.54. The van der Waals surface area contributed by atoms with Crippen LogP contribution in [0.25, 0.3) is 0 Å². The summed E-state index contributed by atoms with van der Waals surface area (Å²) in [6, 6.07) is 0. The van der Waals surface area contributed by atoms with E-state index in [-0.39, 0.29) is 0 Å². The fraction of sp³-hybridized carbons (Fsp3) is 0.750. The molecule has 0 rings (SSSR count). The van der Waals surface area contributed by atoms with Gasteiger partial charge in [-0.1, -0.05) is 31.9 Å². The number of allylic oxidation sites excluding steroid dienone is 1. The monoisotopic (exact) mass is 198 g/mol. The maximum Gasteiger partial charge on any atom is 0.148 e. The van der Waals surface area contributed by atoms with E-state index in [0.29, 0.717) is 12.7 Å². The summed E-state index contributed by atoms with van der Waals surface area (Å²) in [7, 11) is 0. The van der Waals surface area contributed by atoms with Crippen molar-refractivity contribution in [2.75, 3.05) is 0 Å². The molecule has 1 N–H and O–H groups in total. The van der Waals surface area contributed by atoms with Gasteiger partial charge >= 0.3 is 0 Å². The molecule has 0 radical (unpaired) electrons. The van der Waals surface area contributed by atoms with Gasteiger partial charge in [-0.15, -0.1) is 0 Å². The summed E-state index contributed by atoms with van der Waals surface area (Å²) >= 11 is 0. The van der Waals surface area contributed by atoms with Gasteiger partial charge in [0, 0.05) is 6.42 Å². The van der Waals surface area contributed by atoms with E-state index in [1.165, 1.54) is 12.8 Å². The Morgan fingerprint density at radius 2 is 2.14 bits per heavy atom. The Morgan fingerprint density at radius 1 is 1.50 bits per heavy atom. The topological polar surface area (TPSA) is 37.3 Å². The van der Waals surface area contributed by atoms with Gasteiger partial charge in [0.15, 0.2) is 0 Å². The highest BCUT2D eigenvalue weighted by molar-refractivity contribution is 5.56. The average Bonchev–Trinajstić information content (AvgIpc) is 2.17. The van der Waals surface area contributed by atoms with Crippen LogP contribution in [0, 0.1) is 5.92 Å². The number of hydrogen-bond acceptors (Lipinski definition) is 2. The molecule has 0 fully saturated rings. The number of aliphatic hydroxyl groups excluding tert-OH is 1. The van der Waals surface area contributed by atoms with E-state index >= 15 is 0 Å². The maximum absolute atomic E-state index is 10.2. The van der Waals surface area contributed by atoms with Crippen LogP contribution in [0.15, 0.2) is 11.6 Å². The summed E-state index contributed by atoms with van der Waals surface area (Å²) < 4.78 is 0. The van der Waals surface area contributed by atoms with Crippen molar-refractivity contribution in [2.45, 2.75) is 52.6 Å². The lowest BCUT2D eigenvalue weighted by Crippen LogP contribution is -2.07. The molecule has 0 aromatic carbocycles. The Morgan fingerprint density at radius 3 is 2.64 bits per heavy atom. The second-order valence-electron chi connectivity index (χ2n) is 4.05. The molecule has 0 aliphatic heterocycles. The molecule has 0 saturated heterocycles. The average molecular weight is 198 g/mol. The zero-order chi connectivity index (χ0) is 11.0. The van der Waals surface area contributed by atoms with Gasteiger partial charge in [0.2, 0.25) is 0 Å². The molecule has 0 bridgehead atoms. The number of aliphatic hydroxyl groups is 1. The lowest BCUT2D eigenvalue weighted by molar-refractivity contribution is -0.114. The molecule has 0 saturated carbocycles. The highest BCUT2D eigenvalue weighted by Gasteiger charge is 2.02. The van der Waals surface area contributed by atoms with E-state index < -0.39 is 6.10 Å². The van der Waals surface area contributed by atoms with E-state index in [1.807, 2.05) is 6.92 Å². The van der Waals surface area contributed by atoms with Crippen LogP contribution in [0.4, 0.5) is 0 Å². The van der Waals surface area contributed by atoms with Crippen LogP contribution in [-0.4, -0.2) is 17.5 Å². The molecule has 2 heteroatoms. The summed E-state index contributed by atoms with van der Waals surface area (Å²) in [6.07, 6.45) is 5.81. The fourth-order valence-electron chi connectivity index (χ4n) is 1.28. The summed E-state index contributed by atoms with van der Waals surface area (Å²) in [6.45, 7) is 6.39. The summed E-state index contributed by atoms with van der Waals surface area (Å²) in [5.74, 6) is 0.759. The van der Waals surface area contributed by atoms with Crippen molar-refractivity contribution >= 4 is 6.29 Å². The fourth-order valence-corrected chi connectivity index (χ4v) is 1.28. The Bertz CT molecular complexity index is 185. The van der Waals surface area contributed by atoms with E-state index in [4.69, 9.17) is 5.11 Å². The number of carbonyl (C=O) groups is 1. The quantitative estimate of drug-likeness (QED) is 0.504. The first kappa shape index (κ1) is 13.4. The van der Waals surface area contributed by atoms with E-state index in [9.17, 15) is 4.79 Å². The third-order valence-corrected chi connectivity index (χ3v) is 2.54. The SMILES string of the molecule is CCC(C)CCC=C(C)CC(O)C=O. The molecule has 0 heterocycles. The highest BCUT2D eigenvalue weighted by Crippen LogP contribution is 2.12. The Labute approximate surface area is 87.0 Å². The van der Waals surface area contributed by atoms with Gasteiger partial charge in [-0.05, 0) is 25.7 Å². The standard InChI is InChI=1S/C12H22O2/c1-4-10(2)6-5-7-11(3)8-12(14)9-13/h7,9-10,12,14H,4-6,8H2,1-3H3. The second-order valence-corrected chi connectivity index (χ2v) is 4.05. The van der Waals surface area contributed by atoms with E-state index in [2.05, 4.69) is 19.9 Å². The molecule has 0 aromatic heterocycles. The zero-order valence-electron chi connectivity index (χ0n) is 9.49. The molecule has 0 aromatic rings. The first-order chi connectivity index (χ1) is 6.60. The molecule has 0 amide bonds. The van der Waals surface area contributed by atoms with Crippen LogP contribution in [0.5, 0.6) is 0 Å².